The van der Waals surface area contributed by atoms with Crippen LogP contribution in [0.4, 0.5) is 5.69 Å². The van der Waals surface area contributed by atoms with Crippen LogP contribution in [0.3, 0.4) is 0 Å². The largest absolute Gasteiger partial charge is 0.492 e. The molecule has 0 aromatic heterocycles. The summed E-state index contributed by atoms with van der Waals surface area (Å²) >= 11 is 0. The van der Waals surface area contributed by atoms with Crippen molar-refractivity contribution in [2.75, 3.05) is 40.5 Å². The number of aliphatic imine (C=N–C) groups is 1. The fourth-order valence-corrected chi connectivity index (χ4v) is 2.39. The number of likely N-dealkylation sites (N-methyl/N-ethyl adjacent to an activating group) is 1. The maximum Gasteiger partial charge on any atom is 0.269 e. The molecule has 9 heteroatoms. The van der Waals surface area contributed by atoms with E-state index in [0.29, 0.717) is 38.8 Å². The molecule has 158 valence electrons. The van der Waals surface area contributed by atoms with Gasteiger partial charge in [-0.15, -0.1) is 24.0 Å². The Morgan fingerprint density at radius 2 is 1.83 bits per heavy atom. The van der Waals surface area contributed by atoms with Gasteiger partial charge in [-0.2, -0.15) is 0 Å². The normalized spacial score (nSPS) is 10.8. The second kappa shape index (κ2) is 13.7. The van der Waals surface area contributed by atoms with Gasteiger partial charge in [0, 0.05) is 32.8 Å². The Morgan fingerprint density at radius 3 is 2.45 bits per heavy atom. The molecule has 2 aromatic carbocycles. The number of nitrogens with one attached hydrogen (secondary N) is 1. The average Bonchev–Trinajstić information content (AvgIpc) is 2.71. The molecule has 0 spiro atoms. The van der Waals surface area contributed by atoms with Gasteiger partial charge in [-0.1, -0.05) is 30.3 Å². The molecule has 0 aliphatic carbocycles. The maximum atomic E-state index is 10.8. The van der Waals surface area contributed by atoms with Crippen molar-refractivity contribution in [2.24, 2.45) is 4.99 Å². The van der Waals surface area contributed by atoms with Crippen LogP contribution in [0, 0.1) is 10.1 Å². The molecule has 0 unspecified atom stereocenters. The Balaban J connectivity index is 0.00000420. The number of nitrogens with zero attached hydrogens (tertiary/aromatic N) is 3. The summed E-state index contributed by atoms with van der Waals surface area (Å²) in [5.41, 5.74) is 0.965. The zero-order valence-corrected chi connectivity index (χ0v) is 18.9. The molecule has 0 amide bonds. The van der Waals surface area contributed by atoms with Crippen LogP contribution in [0.25, 0.3) is 0 Å². The van der Waals surface area contributed by atoms with E-state index < -0.39 is 4.92 Å². The van der Waals surface area contributed by atoms with E-state index in [4.69, 9.17) is 9.47 Å². The highest BCUT2D eigenvalue weighted by molar-refractivity contribution is 14.0. The molecule has 29 heavy (non-hydrogen) atoms. The highest BCUT2D eigenvalue weighted by atomic mass is 127. The monoisotopic (exact) mass is 514 g/mol. The van der Waals surface area contributed by atoms with E-state index in [1.807, 2.05) is 42.3 Å². The van der Waals surface area contributed by atoms with E-state index in [0.717, 1.165) is 11.3 Å². The summed E-state index contributed by atoms with van der Waals surface area (Å²) < 4.78 is 10.8. The van der Waals surface area contributed by atoms with E-state index in [-0.39, 0.29) is 29.7 Å². The summed E-state index contributed by atoms with van der Waals surface area (Å²) in [6.07, 6.45) is 0. The fourth-order valence-electron chi connectivity index (χ4n) is 2.39. The lowest BCUT2D eigenvalue weighted by Crippen LogP contribution is -2.42. The number of nitro groups is 1. The number of ether oxygens (including phenoxy) is 2. The zero-order chi connectivity index (χ0) is 20.2. The zero-order valence-electron chi connectivity index (χ0n) is 16.6. The fraction of sp³-hybridized carbons (Fsp3) is 0.350. The second-order valence-electron chi connectivity index (χ2n) is 6.07. The SMILES string of the molecule is COCCNC(=NCc1ccc([N+](=O)[O-])cc1)N(C)CCOc1ccccc1.I. The number of hydrogen-bond donors (Lipinski definition) is 1. The van der Waals surface area contributed by atoms with E-state index in [1.165, 1.54) is 12.1 Å². The third-order valence-corrected chi connectivity index (χ3v) is 3.95. The number of halogens is 1. The lowest BCUT2D eigenvalue weighted by molar-refractivity contribution is -0.384. The highest BCUT2D eigenvalue weighted by Crippen LogP contribution is 2.12. The average molecular weight is 514 g/mol. The van der Waals surface area contributed by atoms with Gasteiger partial charge in [0.1, 0.15) is 12.4 Å². The minimum absolute atomic E-state index is 0. The van der Waals surface area contributed by atoms with Crippen molar-refractivity contribution in [3.8, 4) is 5.75 Å². The van der Waals surface area contributed by atoms with Gasteiger partial charge in [-0.05, 0) is 17.7 Å². The molecule has 2 aromatic rings. The number of methoxy groups -OCH3 is 1. The predicted octanol–water partition coefficient (Wildman–Crippen LogP) is 3.32. The summed E-state index contributed by atoms with van der Waals surface area (Å²) in [6.45, 7) is 2.76. The number of nitro benzene ring substituents is 1. The van der Waals surface area contributed by atoms with Crippen LogP contribution >= 0.6 is 24.0 Å². The van der Waals surface area contributed by atoms with Crippen molar-refractivity contribution in [3.63, 3.8) is 0 Å². The predicted molar refractivity (Wildman–Crippen MR) is 124 cm³/mol. The molecule has 0 atom stereocenters. The summed E-state index contributed by atoms with van der Waals surface area (Å²) in [6, 6.07) is 16.0. The standard InChI is InChI=1S/C20H26N4O4.HI/c1-23(13-15-28-19-6-4-3-5-7-19)20(21-12-14-27-2)22-16-17-8-10-18(11-9-17)24(25)26;/h3-11H,12-16H2,1-2H3,(H,21,22);1H. The van der Waals surface area contributed by atoms with Gasteiger partial charge in [0.15, 0.2) is 5.96 Å². The van der Waals surface area contributed by atoms with Crippen LogP contribution in [-0.2, 0) is 11.3 Å². The van der Waals surface area contributed by atoms with Crippen LogP contribution in [-0.4, -0.2) is 56.2 Å². The minimum Gasteiger partial charge on any atom is -0.492 e. The van der Waals surface area contributed by atoms with Crippen molar-refractivity contribution in [1.29, 1.82) is 0 Å². The van der Waals surface area contributed by atoms with Gasteiger partial charge >= 0.3 is 0 Å². The van der Waals surface area contributed by atoms with Crippen LogP contribution in [0.1, 0.15) is 5.56 Å². The Bertz CT molecular complexity index is 757. The van der Waals surface area contributed by atoms with Crippen LogP contribution in [0.5, 0.6) is 5.75 Å². The Kier molecular flexibility index (Phi) is 11.7. The van der Waals surface area contributed by atoms with Crippen molar-refractivity contribution in [1.82, 2.24) is 10.2 Å². The van der Waals surface area contributed by atoms with Gasteiger partial charge in [0.05, 0.1) is 24.6 Å². The lowest BCUT2D eigenvalue weighted by Gasteiger charge is -2.22. The minimum atomic E-state index is -0.411. The van der Waals surface area contributed by atoms with Gasteiger partial charge in [0.2, 0.25) is 0 Å². The molecule has 0 radical (unpaired) electrons. The van der Waals surface area contributed by atoms with Crippen molar-refractivity contribution >= 4 is 35.6 Å². The molecular weight excluding hydrogens is 487 g/mol. The Morgan fingerprint density at radius 1 is 1.14 bits per heavy atom. The topological polar surface area (TPSA) is 89.2 Å². The molecule has 2 rings (SSSR count). The molecule has 8 nitrogen and oxygen atoms in total. The number of guanidine groups is 1. The van der Waals surface area contributed by atoms with E-state index >= 15 is 0 Å². The number of hydrogen-bond acceptors (Lipinski definition) is 5. The maximum absolute atomic E-state index is 10.8. The number of benzene rings is 2. The van der Waals surface area contributed by atoms with E-state index in [2.05, 4.69) is 10.3 Å². The summed E-state index contributed by atoms with van der Waals surface area (Å²) in [5, 5.41) is 14.0. The smallest absolute Gasteiger partial charge is 0.269 e. The molecule has 0 bridgehead atoms. The first-order valence-electron chi connectivity index (χ1n) is 8.99. The van der Waals surface area contributed by atoms with Gasteiger partial charge in [-0.3, -0.25) is 10.1 Å². The molecule has 0 saturated carbocycles. The van der Waals surface area contributed by atoms with Crippen molar-refractivity contribution < 1.29 is 14.4 Å². The third kappa shape index (κ3) is 9.09. The Hall–Kier alpha value is -2.40. The van der Waals surface area contributed by atoms with E-state index in [1.54, 1.807) is 19.2 Å². The molecule has 0 fully saturated rings. The van der Waals surface area contributed by atoms with Gasteiger partial charge < -0.3 is 19.7 Å². The Labute approximate surface area is 188 Å². The lowest BCUT2D eigenvalue weighted by atomic mass is 10.2. The molecule has 0 aliphatic heterocycles. The van der Waals surface area contributed by atoms with Crippen molar-refractivity contribution in [3.05, 3.63) is 70.3 Å². The van der Waals surface area contributed by atoms with Crippen LogP contribution in [0.15, 0.2) is 59.6 Å². The third-order valence-electron chi connectivity index (χ3n) is 3.95. The first-order valence-corrected chi connectivity index (χ1v) is 8.99. The second-order valence-corrected chi connectivity index (χ2v) is 6.07. The molecule has 0 saturated heterocycles. The number of rotatable bonds is 10. The van der Waals surface area contributed by atoms with E-state index in [9.17, 15) is 10.1 Å². The molecule has 0 aliphatic rings. The molecular formula is C20H27IN4O4. The molecule has 1 N–H and O–H groups in total. The van der Waals surface area contributed by atoms with Crippen molar-refractivity contribution in [2.45, 2.75) is 6.54 Å². The first kappa shape index (κ1) is 24.6. The van der Waals surface area contributed by atoms with Crippen LogP contribution in [0.2, 0.25) is 0 Å². The summed E-state index contributed by atoms with van der Waals surface area (Å²) in [5.74, 6) is 1.54. The quantitative estimate of drug-likeness (QED) is 0.131. The summed E-state index contributed by atoms with van der Waals surface area (Å²) in [4.78, 5) is 16.9. The number of non-ortho nitro benzene ring substituents is 1. The highest BCUT2D eigenvalue weighted by Gasteiger charge is 2.08. The van der Waals surface area contributed by atoms with Crippen LogP contribution < -0.4 is 10.1 Å². The van der Waals surface area contributed by atoms with Gasteiger partial charge in [-0.25, -0.2) is 4.99 Å². The number of para-hydroxylation sites is 1. The summed E-state index contributed by atoms with van der Waals surface area (Å²) in [7, 11) is 3.58. The first-order chi connectivity index (χ1) is 13.6. The van der Waals surface area contributed by atoms with Gasteiger partial charge in [0.25, 0.3) is 5.69 Å². The molecule has 0 heterocycles.